The molecular weight excluding hydrogens is 344 g/mol. The lowest BCUT2D eigenvalue weighted by Gasteiger charge is -2.11. The topological polar surface area (TPSA) is 171 Å². The average Bonchev–Trinajstić information content (AvgIpc) is 2.62. The van der Waals surface area contributed by atoms with E-state index in [1.54, 1.807) is 0 Å². The summed E-state index contributed by atoms with van der Waals surface area (Å²) in [7, 11) is 0. The van der Waals surface area contributed by atoms with Crippen LogP contribution in [-0.4, -0.2) is 55.9 Å². The second-order valence-corrected chi connectivity index (χ2v) is 4.98. The van der Waals surface area contributed by atoms with Crippen molar-refractivity contribution >= 4 is 24.9 Å². The fourth-order valence-corrected chi connectivity index (χ4v) is 2.34. The summed E-state index contributed by atoms with van der Waals surface area (Å²) in [5.41, 5.74) is 1.44. The van der Waals surface area contributed by atoms with Crippen LogP contribution in [-0.2, 0) is 0 Å². The highest BCUT2D eigenvalue weighted by atomic mass is 16.4. The molecule has 0 aliphatic heterocycles. The molecule has 134 valence electrons. The van der Waals surface area contributed by atoms with Gasteiger partial charge in [-0.3, -0.25) is 0 Å². The first-order valence-electron chi connectivity index (χ1n) is 6.99. The van der Waals surface area contributed by atoms with E-state index in [0.29, 0.717) is 11.1 Å². The Balaban J connectivity index is 2.78. The Morgan fingerprint density at radius 1 is 0.500 bits per heavy atom. The molecule has 0 fully saturated rings. The summed E-state index contributed by atoms with van der Waals surface area (Å²) in [6, 6.07) is 5.87. The van der Waals surface area contributed by atoms with Gasteiger partial charge in [-0.15, -0.1) is 0 Å². The summed E-state index contributed by atoms with van der Waals surface area (Å²) in [4.78, 5) is 0. The van der Waals surface area contributed by atoms with Gasteiger partial charge in [-0.25, -0.2) is 0 Å². The zero-order valence-electron chi connectivity index (χ0n) is 13.1. The van der Waals surface area contributed by atoms with Crippen LogP contribution in [0.5, 0.6) is 11.5 Å². The van der Waals surface area contributed by atoms with Gasteiger partial charge in [-0.1, -0.05) is 20.6 Å². The number of benzene rings is 2. The van der Waals surface area contributed by atoms with Crippen LogP contribution < -0.4 is 0 Å². The van der Waals surface area contributed by atoms with Crippen LogP contribution in [0.1, 0.15) is 22.3 Å². The average molecular weight is 358 g/mol. The van der Waals surface area contributed by atoms with Gasteiger partial charge in [-0.05, 0) is 35.4 Å². The molecular formula is C16H14N4O6. The van der Waals surface area contributed by atoms with E-state index in [-0.39, 0.29) is 33.8 Å². The van der Waals surface area contributed by atoms with E-state index < -0.39 is 0 Å². The molecule has 2 aromatic carbocycles. The predicted molar refractivity (Wildman–Crippen MR) is 92.7 cm³/mol. The number of rotatable bonds is 5. The second-order valence-electron chi connectivity index (χ2n) is 4.98. The summed E-state index contributed by atoms with van der Waals surface area (Å²) >= 11 is 0. The molecule has 0 bridgehead atoms. The normalized spacial score (nSPS) is 12.2. The van der Waals surface area contributed by atoms with Crippen molar-refractivity contribution in [3.8, 4) is 22.6 Å². The Labute approximate surface area is 146 Å². The summed E-state index contributed by atoms with van der Waals surface area (Å²) in [6.07, 6.45) is 3.95. The minimum atomic E-state index is -0.280. The predicted octanol–water partition coefficient (Wildman–Crippen LogP) is 2.00. The third-order valence-corrected chi connectivity index (χ3v) is 3.46. The molecule has 10 nitrogen and oxygen atoms in total. The number of nitrogens with zero attached hydrogens (tertiary/aromatic N) is 4. The Morgan fingerprint density at radius 2 is 0.731 bits per heavy atom. The van der Waals surface area contributed by atoms with E-state index in [1.807, 2.05) is 0 Å². The number of hydrogen-bond donors (Lipinski definition) is 6. The largest absolute Gasteiger partial charge is 0.507 e. The van der Waals surface area contributed by atoms with Gasteiger partial charge in [-0.2, -0.15) is 0 Å². The van der Waals surface area contributed by atoms with Gasteiger partial charge in [0.15, 0.2) is 0 Å². The van der Waals surface area contributed by atoms with Gasteiger partial charge in [0.1, 0.15) is 11.5 Å². The monoisotopic (exact) mass is 358 g/mol. The van der Waals surface area contributed by atoms with Crippen molar-refractivity contribution in [1.82, 2.24) is 0 Å². The van der Waals surface area contributed by atoms with Gasteiger partial charge in [0.25, 0.3) is 0 Å². The highest BCUT2D eigenvalue weighted by molar-refractivity contribution is 5.97. The molecule has 10 heteroatoms. The first-order chi connectivity index (χ1) is 12.5. The van der Waals surface area contributed by atoms with Crippen molar-refractivity contribution in [3.63, 3.8) is 0 Å². The van der Waals surface area contributed by atoms with Crippen LogP contribution in [0.3, 0.4) is 0 Å². The standard InChI is InChI=1S/C16H14N4O6/c21-15-11(5-17-23)1-9(2-12(15)6-18-24)10-3-13(7-19-25)16(22)14(4-10)8-20-26/h1-8,21-26H/b17-5+,18-6+,19-7+,20-8+. The fraction of sp³-hybridized carbons (Fsp3) is 0. The molecule has 0 saturated heterocycles. The Hall–Kier alpha value is -4.08. The molecule has 0 aliphatic rings. The number of phenols is 2. The zero-order chi connectivity index (χ0) is 19.1. The molecule has 0 radical (unpaired) electrons. The van der Waals surface area contributed by atoms with Crippen molar-refractivity contribution in [1.29, 1.82) is 0 Å². The summed E-state index contributed by atoms with van der Waals surface area (Å²) in [6.45, 7) is 0. The van der Waals surface area contributed by atoms with Crippen molar-refractivity contribution in [2.24, 2.45) is 20.6 Å². The van der Waals surface area contributed by atoms with Crippen molar-refractivity contribution in [3.05, 3.63) is 46.5 Å². The molecule has 2 aromatic rings. The molecule has 0 heterocycles. The lowest BCUT2D eigenvalue weighted by molar-refractivity contribution is 0.321. The quantitative estimate of drug-likeness (QED) is 0.271. The zero-order valence-corrected chi connectivity index (χ0v) is 13.1. The summed E-state index contributed by atoms with van der Waals surface area (Å²) < 4.78 is 0. The molecule has 0 aromatic heterocycles. The van der Waals surface area contributed by atoms with Crippen LogP contribution >= 0.6 is 0 Å². The van der Waals surface area contributed by atoms with Gasteiger partial charge in [0.05, 0.1) is 24.9 Å². The number of aromatic hydroxyl groups is 2. The Bertz CT molecular complexity index is 779. The molecule has 0 aliphatic carbocycles. The number of hydrogen-bond acceptors (Lipinski definition) is 10. The van der Waals surface area contributed by atoms with Crippen LogP contribution in [0, 0.1) is 0 Å². The lowest BCUT2D eigenvalue weighted by atomic mass is 9.95. The van der Waals surface area contributed by atoms with Gasteiger partial charge in [0, 0.05) is 22.3 Å². The minimum absolute atomic E-state index is 0.128. The smallest absolute Gasteiger partial charge is 0.133 e. The molecule has 0 atom stereocenters. The minimum Gasteiger partial charge on any atom is -0.507 e. The highest BCUT2D eigenvalue weighted by Gasteiger charge is 2.13. The van der Waals surface area contributed by atoms with Crippen LogP contribution in [0.4, 0.5) is 0 Å². The van der Waals surface area contributed by atoms with E-state index >= 15 is 0 Å². The van der Waals surface area contributed by atoms with Crippen molar-refractivity contribution in [2.45, 2.75) is 0 Å². The first-order valence-corrected chi connectivity index (χ1v) is 6.99. The lowest BCUT2D eigenvalue weighted by Crippen LogP contribution is -1.95. The number of phenolic OH excluding ortho intramolecular Hbond substituents is 2. The maximum atomic E-state index is 10.1. The van der Waals surface area contributed by atoms with Crippen molar-refractivity contribution < 1.29 is 31.0 Å². The van der Waals surface area contributed by atoms with E-state index in [1.165, 1.54) is 24.3 Å². The van der Waals surface area contributed by atoms with Crippen LogP contribution in [0.25, 0.3) is 11.1 Å². The molecule has 6 N–H and O–H groups in total. The van der Waals surface area contributed by atoms with Crippen molar-refractivity contribution in [2.75, 3.05) is 0 Å². The van der Waals surface area contributed by atoms with E-state index in [9.17, 15) is 10.2 Å². The van der Waals surface area contributed by atoms with Crippen LogP contribution in [0.15, 0.2) is 44.9 Å². The number of oxime groups is 4. The third kappa shape index (κ3) is 3.70. The maximum Gasteiger partial charge on any atom is 0.133 e. The van der Waals surface area contributed by atoms with Gasteiger partial charge >= 0.3 is 0 Å². The Kier molecular flexibility index (Phi) is 5.72. The Morgan fingerprint density at radius 3 is 0.923 bits per heavy atom. The van der Waals surface area contributed by atoms with E-state index in [0.717, 1.165) is 24.9 Å². The van der Waals surface area contributed by atoms with E-state index in [4.69, 9.17) is 20.8 Å². The molecule has 2 rings (SSSR count). The molecule has 0 spiro atoms. The van der Waals surface area contributed by atoms with Gasteiger partial charge in [0.2, 0.25) is 0 Å². The van der Waals surface area contributed by atoms with E-state index in [2.05, 4.69) is 20.6 Å². The molecule has 0 saturated carbocycles. The molecule has 0 amide bonds. The maximum absolute atomic E-state index is 10.1. The molecule has 0 unspecified atom stereocenters. The fourth-order valence-electron chi connectivity index (χ4n) is 2.34. The summed E-state index contributed by atoms with van der Waals surface area (Å²) in [5, 5.41) is 66.6. The van der Waals surface area contributed by atoms with Gasteiger partial charge < -0.3 is 31.0 Å². The van der Waals surface area contributed by atoms with Crippen LogP contribution in [0.2, 0.25) is 0 Å². The third-order valence-electron chi connectivity index (χ3n) is 3.46. The second kappa shape index (κ2) is 8.15. The summed E-state index contributed by atoms with van der Waals surface area (Å²) in [5.74, 6) is -0.560. The first kappa shape index (κ1) is 18.3. The highest BCUT2D eigenvalue weighted by Crippen LogP contribution is 2.32. The SMILES string of the molecule is O/N=C/c1cc(-c2cc(/C=N/O)c(O)c(/C=N/O)c2)cc(/C=N/O)c1O. The molecule has 26 heavy (non-hydrogen) atoms.